The van der Waals surface area contributed by atoms with E-state index in [1.807, 2.05) is 31.2 Å². The molecule has 0 aliphatic carbocycles. The van der Waals surface area contributed by atoms with Gasteiger partial charge in [0, 0.05) is 12.1 Å². The van der Waals surface area contributed by atoms with Crippen LogP contribution in [-0.2, 0) is 0 Å². The van der Waals surface area contributed by atoms with Gasteiger partial charge >= 0.3 is 0 Å². The van der Waals surface area contributed by atoms with Gasteiger partial charge in [-0.1, -0.05) is 38.3 Å². The molecule has 134 valence electrons. The third kappa shape index (κ3) is 5.74. The molecule has 0 fully saturated rings. The van der Waals surface area contributed by atoms with Gasteiger partial charge in [0.05, 0.1) is 12.3 Å². The molecule has 1 amide bonds. The maximum atomic E-state index is 12.0. The average molecular weight is 342 g/mol. The second kappa shape index (κ2) is 9.61. The Morgan fingerprint density at radius 3 is 2.76 bits per heavy atom. The number of aromatic nitrogens is 2. The molecule has 1 heterocycles. The van der Waals surface area contributed by atoms with Crippen molar-refractivity contribution in [2.75, 3.05) is 18.9 Å². The van der Waals surface area contributed by atoms with Crippen LogP contribution in [0.15, 0.2) is 30.3 Å². The van der Waals surface area contributed by atoms with Gasteiger partial charge in [-0.15, -0.1) is 0 Å². The lowest BCUT2D eigenvalue weighted by molar-refractivity contribution is 0.0951. The lowest BCUT2D eigenvalue weighted by Gasteiger charge is -2.09. The number of amides is 1. The standard InChI is InChI=1S/C19H26N4O2/c1-3-5-6-7-11-25-15-10-8-9-14(12-15)16-13-17(18(24)21-4-2)23-19(20)22-16/h8-10,12-13H,3-7,11H2,1-2H3,(H,21,24)(H2,20,22,23). The van der Waals surface area contributed by atoms with Gasteiger partial charge < -0.3 is 15.8 Å². The van der Waals surface area contributed by atoms with E-state index in [1.54, 1.807) is 6.07 Å². The summed E-state index contributed by atoms with van der Waals surface area (Å²) in [5.41, 5.74) is 7.46. The molecule has 1 aromatic heterocycles. The number of unbranched alkanes of at least 4 members (excludes halogenated alkanes) is 3. The van der Waals surface area contributed by atoms with Crippen LogP contribution in [0.5, 0.6) is 5.75 Å². The second-order valence-electron chi connectivity index (χ2n) is 5.79. The van der Waals surface area contributed by atoms with E-state index >= 15 is 0 Å². The highest BCUT2D eigenvalue weighted by Crippen LogP contribution is 2.23. The van der Waals surface area contributed by atoms with Crippen molar-refractivity contribution in [3.8, 4) is 17.0 Å². The minimum atomic E-state index is -0.263. The Morgan fingerprint density at radius 1 is 1.16 bits per heavy atom. The lowest BCUT2D eigenvalue weighted by atomic mass is 10.1. The van der Waals surface area contributed by atoms with Crippen molar-refractivity contribution in [1.82, 2.24) is 15.3 Å². The highest BCUT2D eigenvalue weighted by Gasteiger charge is 2.11. The van der Waals surface area contributed by atoms with E-state index < -0.39 is 0 Å². The van der Waals surface area contributed by atoms with Gasteiger partial charge in [0.1, 0.15) is 11.4 Å². The number of rotatable bonds is 9. The van der Waals surface area contributed by atoms with Crippen LogP contribution in [0.25, 0.3) is 11.3 Å². The molecule has 2 rings (SSSR count). The first-order valence-corrected chi connectivity index (χ1v) is 8.80. The van der Waals surface area contributed by atoms with E-state index in [0.29, 0.717) is 18.8 Å². The third-order valence-corrected chi connectivity index (χ3v) is 3.71. The van der Waals surface area contributed by atoms with Gasteiger partial charge in [0.2, 0.25) is 5.95 Å². The molecule has 2 aromatic rings. The van der Waals surface area contributed by atoms with Crippen LogP contribution in [0.3, 0.4) is 0 Å². The first-order chi connectivity index (χ1) is 12.1. The van der Waals surface area contributed by atoms with Crippen molar-refractivity contribution in [2.45, 2.75) is 39.5 Å². The summed E-state index contributed by atoms with van der Waals surface area (Å²) in [7, 11) is 0. The normalized spacial score (nSPS) is 10.5. The Labute approximate surface area is 148 Å². The molecule has 0 spiro atoms. The van der Waals surface area contributed by atoms with Crippen LogP contribution >= 0.6 is 0 Å². The number of benzene rings is 1. The van der Waals surface area contributed by atoms with Gasteiger partial charge in [-0.2, -0.15) is 0 Å². The second-order valence-corrected chi connectivity index (χ2v) is 5.79. The molecule has 3 N–H and O–H groups in total. The van der Waals surface area contributed by atoms with Crippen LogP contribution in [0.2, 0.25) is 0 Å². The number of nitrogens with two attached hydrogens (primary N) is 1. The summed E-state index contributed by atoms with van der Waals surface area (Å²) < 4.78 is 5.81. The topological polar surface area (TPSA) is 90.1 Å². The number of nitrogens with one attached hydrogen (secondary N) is 1. The van der Waals surface area contributed by atoms with E-state index in [9.17, 15) is 4.79 Å². The van der Waals surface area contributed by atoms with Crippen molar-refractivity contribution in [2.24, 2.45) is 0 Å². The lowest BCUT2D eigenvalue weighted by Crippen LogP contribution is -2.24. The van der Waals surface area contributed by atoms with Crippen LogP contribution in [-0.4, -0.2) is 29.0 Å². The Hall–Kier alpha value is -2.63. The first kappa shape index (κ1) is 18.7. The number of nitrogen functional groups attached to an aromatic ring is 1. The van der Waals surface area contributed by atoms with Crippen LogP contribution in [0.1, 0.15) is 50.0 Å². The fourth-order valence-electron chi connectivity index (χ4n) is 2.45. The van der Waals surface area contributed by atoms with E-state index in [0.717, 1.165) is 17.7 Å². The maximum absolute atomic E-state index is 12.0. The van der Waals surface area contributed by atoms with Crippen molar-refractivity contribution >= 4 is 11.9 Å². The highest BCUT2D eigenvalue weighted by atomic mass is 16.5. The summed E-state index contributed by atoms with van der Waals surface area (Å²) in [4.78, 5) is 20.2. The number of carbonyl (C=O) groups is 1. The Kier molecular flexibility index (Phi) is 7.19. The van der Waals surface area contributed by atoms with Gasteiger partial charge in [-0.05, 0) is 31.5 Å². The predicted molar refractivity (Wildman–Crippen MR) is 99.5 cm³/mol. The number of nitrogens with zero attached hydrogens (tertiary/aromatic N) is 2. The first-order valence-electron chi connectivity index (χ1n) is 8.80. The molecule has 0 radical (unpaired) electrons. The molecule has 0 bridgehead atoms. The summed E-state index contributed by atoms with van der Waals surface area (Å²) in [6.45, 7) is 5.26. The minimum Gasteiger partial charge on any atom is -0.494 e. The zero-order valence-electron chi connectivity index (χ0n) is 14.9. The maximum Gasteiger partial charge on any atom is 0.270 e. The van der Waals surface area contributed by atoms with E-state index in [-0.39, 0.29) is 17.5 Å². The van der Waals surface area contributed by atoms with Crippen LogP contribution in [0, 0.1) is 0 Å². The quantitative estimate of drug-likeness (QED) is 0.681. The molecule has 0 unspecified atom stereocenters. The van der Waals surface area contributed by atoms with E-state index in [4.69, 9.17) is 10.5 Å². The molecule has 0 atom stereocenters. The molecule has 0 saturated heterocycles. The summed E-state index contributed by atoms with van der Waals surface area (Å²) in [5, 5.41) is 2.71. The van der Waals surface area contributed by atoms with Gasteiger partial charge in [0.15, 0.2) is 0 Å². The van der Waals surface area contributed by atoms with E-state index in [2.05, 4.69) is 22.2 Å². The van der Waals surface area contributed by atoms with Gasteiger partial charge in [0.25, 0.3) is 5.91 Å². The molecule has 0 aliphatic heterocycles. The zero-order valence-corrected chi connectivity index (χ0v) is 14.9. The summed E-state index contributed by atoms with van der Waals surface area (Å²) in [6.07, 6.45) is 4.65. The van der Waals surface area contributed by atoms with Crippen LogP contribution in [0.4, 0.5) is 5.95 Å². The molecular weight excluding hydrogens is 316 g/mol. The number of carbonyl (C=O) groups excluding carboxylic acids is 1. The fraction of sp³-hybridized carbons (Fsp3) is 0.421. The van der Waals surface area contributed by atoms with Crippen LogP contribution < -0.4 is 15.8 Å². The zero-order chi connectivity index (χ0) is 18.1. The molecular formula is C19H26N4O2. The number of ether oxygens (including phenoxy) is 1. The van der Waals surface area contributed by atoms with E-state index in [1.165, 1.54) is 19.3 Å². The van der Waals surface area contributed by atoms with Crippen molar-refractivity contribution in [3.63, 3.8) is 0 Å². The summed E-state index contributed by atoms with van der Waals surface area (Å²) in [6, 6.07) is 9.28. The number of hydrogen-bond acceptors (Lipinski definition) is 5. The van der Waals surface area contributed by atoms with Crippen molar-refractivity contribution in [1.29, 1.82) is 0 Å². The van der Waals surface area contributed by atoms with Crippen molar-refractivity contribution in [3.05, 3.63) is 36.0 Å². The Balaban J connectivity index is 2.13. The predicted octanol–water partition coefficient (Wildman–Crippen LogP) is 3.43. The van der Waals surface area contributed by atoms with Gasteiger partial charge in [-0.3, -0.25) is 4.79 Å². The molecule has 6 heteroatoms. The Morgan fingerprint density at radius 2 is 2.00 bits per heavy atom. The molecule has 6 nitrogen and oxygen atoms in total. The number of anilines is 1. The highest BCUT2D eigenvalue weighted by molar-refractivity contribution is 5.93. The third-order valence-electron chi connectivity index (χ3n) is 3.71. The smallest absolute Gasteiger partial charge is 0.270 e. The summed E-state index contributed by atoms with van der Waals surface area (Å²) >= 11 is 0. The molecule has 25 heavy (non-hydrogen) atoms. The monoisotopic (exact) mass is 342 g/mol. The largest absolute Gasteiger partial charge is 0.494 e. The fourth-order valence-corrected chi connectivity index (χ4v) is 2.45. The van der Waals surface area contributed by atoms with Crippen molar-refractivity contribution < 1.29 is 9.53 Å². The molecule has 0 aliphatic rings. The average Bonchev–Trinajstić information content (AvgIpc) is 2.61. The number of hydrogen-bond donors (Lipinski definition) is 2. The SMILES string of the molecule is CCCCCCOc1cccc(-c2cc(C(=O)NCC)nc(N)n2)c1. The molecule has 0 saturated carbocycles. The molecule has 1 aromatic carbocycles. The Bertz CT molecular complexity index is 704. The minimum absolute atomic E-state index is 0.0737. The summed E-state index contributed by atoms with van der Waals surface area (Å²) in [5.74, 6) is 0.594. The van der Waals surface area contributed by atoms with Gasteiger partial charge in [-0.25, -0.2) is 9.97 Å².